The van der Waals surface area contributed by atoms with E-state index in [0.29, 0.717) is 24.5 Å². The van der Waals surface area contributed by atoms with Crippen molar-refractivity contribution in [3.63, 3.8) is 0 Å². The van der Waals surface area contributed by atoms with Crippen LogP contribution in [0.2, 0.25) is 0 Å². The van der Waals surface area contributed by atoms with E-state index in [0.717, 1.165) is 18.9 Å². The monoisotopic (exact) mass is 280 g/mol. The van der Waals surface area contributed by atoms with Gasteiger partial charge in [0.05, 0.1) is 17.9 Å². The van der Waals surface area contributed by atoms with Crippen LogP contribution in [0.25, 0.3) is 11.1 Å². The molecule has 0 aliphatic carbocycles. The van der Waals surface area contributed by atoms with E-state index in [-0.39, 0.29) is 17.4 Å². The number of hydrogen-bond acceptors (Lipinski definition) is 4. The van der Waals surface area contributed by atoms with Crippen LogP contribution < -0.4 is 5.73 Å². The first-order valence-electron chi connectivity index (χ1n) is 6.45. The number of ether oxygens (including phenoxy) is 1. The molecule has 1 fully saturated rings. The van der Waals surface area contributed by atoms with Gasteiger partial charge >= 0.3 is 0 Å². The van der Waals surface area contributed by atoms with Crippen LogP contribution in [-0.2, 0) is 4.74 Å². The van der Waals surface area contributed by atoms with Crippen molar-refractivity contribution in [2.45, 2.75) is 18.8 Å². The third kappa shape index (κ3) is 2.27. The molecule has 0 amide bonds. The Morgan fingerprint density at radius 2 is 2.15 bits per heavy atom. The van der Waals surface area contributed by atoms with Crippen molar-refractivity contribution < 1.29 is 18.0 Å². The van der Waals surface area contributed by atoms with Crippen LogP contribution in [-0.4, -0.2) is 18.4 Å². The fourth-order valence-corrected chi connectivity index (χ4v) is 2.51. The zero-order valence-electron chi connectivity index (χ0n) is 10.7. The topological polar surface area (TPSA) is 61.3 Å². The minimum Gasteiger partial charge on any atom is -0.381 e. The first kappa shape index (κ1) is 13.1. The van der Waals surface area contributed by atoms with Gasteiger partial charge in [-0.25, -0.2) is 8.78 Å². The summed E-state index contributed by atoms with van der Waals surface area (Å²) in [5.41, 5.74) is 6.93. The fourth-order valence-electron chi connectivity index (χ4n) is 2.51. The van der Waals surface area contributed by atoms with Gasteiger partial charge in [-0.05, 0) is 25.0 Å². The predicted molar refractivity (Wildman–Crippen MR) is 69.1 cm³/mol. The Morgan fingerprint density at radius 3 is 2.85 bits per heavy atom. The average molecular weight is 280 g/mol. The summed E-state index contributed by atoms with van der Waals surface area (Å²) in [5, 5.41) is 3.94. The molecule has 0 spiro atoms. The number of anilines is 1. The Balaban J connectivity index is 2.06. The van der Waals surface area contributed by atoms with Crippen molar-refractivity contribution in [1.82, 2.24) is 5.16 Å². The molecule has 1 atom stereocenters. The van der Waals surface area contributed by atoms with Crippen LogP contribution in [0.3, 0.4) is 0 Å². The molecule has 1 unspecified atom stereocenters. The lowest BCUT2D eigenvalue weighted by Gasteiger charge is -2.21. The molecule has 3 rings (SSSR count). The number of halogens is 2. The van der Waals surface area contributed by atoms with Crippen LogP contribution in [0, 0.1) is 11.6 Å². The maximum Gasteiger partial charge on any atom is 0.230 e. The Bertz CT molecular complexity index is 622. The molecular weight excluding hydrogens is 266 g/mol. The number of hydrogen-bond donors (Lipinski definition) is 1. The van der Waals surface area contributed by atoms with E-state index in [9.17, 15) is 8.78 Å². The quantitative estimate of drug-likeness (QED) is 0.918. The lowest BCUT2D eigenvalue weighted by atomic mass is 9.92. The largest absolute Gasteiger partial charge is 0.381 e. The zero-order valence-corrected chi connectivity index (χ0v) is 10.7. The van der Waals surface area contributed by atoms with Crippen LogP contribution in [0.15, 0.2) is 22.7 Å². The Labute approximate surface area is 114 Å². The lowest BCUT2D eigenvalue weighted by Crippen LogP contribution is -2.16. The van der Waals surface area contributed by atoms with E-state index >= 15 is 0 Å². The molecule has 1 aliphatic heterocycles. The number of nitrogens with two attached hydrogens (primary N) is 1. The molecule has 2 heterocycles. The second-order valence-electron chi connectivity index (χ2n) is 4.85. The van der Waals surface area contributed by atoms with Gasteiger partial charge in [-0.2, -0.15) is 0 Å². The summed E-state index contributed by atoms with van der Waals surface area (Å²) in [7, 11) is 0. The first-order chi connectivity index (χ1) is 9.66. The summed E-state index contributed by atoms with van der Waals surface area (Å²) in [4.78, 5) is 0. The predicted octanol–water partition coefficient (Wildman–Crippen LogP) is 3.10. The summed E-state index contributed by atoms with van der Waals surface area (Å²) in [6.07, 6.45) is 1.78. The standard InChI is InChI=1S/C14H14F2N2O2/c15-9-3-4-10(11(16)6-9)12-13(18-20-14(12)17)8-2-1-5-19-7-8/h3-4,6,8H,1-2,5,7,17H2. The van der Waals surface area contributed by atoms with Gasteiger partial charge in [0.25, 0.3) is 0 Å². The smallest absolute Gasteiger partial charge is 0.230 e. The molecule has 2 aromatic rings. The number of nitrogens with zero attached hydrogens (tertiary/aromatic N) is 1. The molecule has 1 aliphatic rings. The molecule has 1 saturated heterocycles. The fraction of sp³-hybridized carbons (Fsp3) is 0.357. The van der Waals surface area contributed by atoms with Gasteiger partial charge in [-0.15, -0.1) is 0 Å². The third-order valence-electron chi connectivity index (χ3n) is 3.49. The molecule has 1 aromatic heterocycles. The highest BCUT2D eigenvalue weighted by molar-refractivity contribution is 5.76. The Morgan fingerprint density at radius 1 is 1.30 bits per heavy atom. The minimum atomic E-state index is -0.683. The molecule has 6 heteroatoms. The summed E-state index contributed by atoms with van der Waals surface area (Å²) in [5.74, 6) is -1.26. The van der Waals surface area contributed by atoms with Crippen LogP contribution in [0.4, 0.5) is 14.7 Å². The molecule has 20 heavy (non-hydrogen) atoms. The van der Waals surface area contributed by atoms with Crippen molar-refractivity contribution in [2.24, 2.45) is 0 Å². The minimum absolute atomic E-state index is 0.0178. The second kappa shape index (κ2) is 5.20. The van der Waals surface area contributed by atoms with Crippen LogP contribution in [0.1, 0.15) is 24.5 Å². The van der Waals surface area contributed by atoms with Crippen molar-refractivity contribution in [3.05, 3.63) is 35.5 Å². The van der Waals surface area contributed by atoms with Gasteiger partial charge in [0, 0.05) is 24.2 Å². The summed E-state index contributed by atoms with van der Waals surface area (Å²) < 4.78 is 37.4. The summed E-state index contributed by atoms with van der Waals surface area (Å²) in [6.45, 7) is 1.21. The van der Waals surface area contributed by atoms with E-state index in [4.69, 9.17) is 15.0 Å². The van der Waals surface area contributed by atoms with E-state index < -0.39 is 11.6 Å². The first-order valence-corrected chi connectivity index (χ1v) is 6.45. The second-order valence-corrected chi connectivity index (χ2v) is 4.85. The van der Waals surface area contributed by atoms with E-state index in [1.54, 1.807) is 0 Å². The summed E-state index contributed by atoms with van der Waals surface area (Å²) >= 11 is 0. The molecular formula is C14H14F2N2O2. The molecule has 2 N–H and O–H groups in total. The third-order valence-corrected chi connectivity index (χ3v) is 3.49. The summed E-state index contributed by atoms with van der Waals surface area (Å²) in [6, 6.07) is 3.36. The van der Waals surface area contributed by atoms with Crippen molar-refractivity contribution in [3.8, 4) is 11.1 Å². The van der Waals surface area contributed by atoms with Gasteiger partial charge in [0.2, 0.25) is 5.88 Å². The maximum atomic E-state index is 13.9. The highest BCUT2D eigenvalue weighted by Crippen LogP contribution is 2.38. The number of aromatic nitrogens is 1. The van der Waals surface area contributed by atoms with Crippen molar-refractivity contribution >= 4 is 5.88 Å². The highest BCUT2D eigenvalue weighted by atomic mass is 19.1. The van der Waals surface area contributed by atoms with E-state index in [1.807, 2.05) is 0 Å². The Kier molecular flexibility index (Phi) is 3.40. The molecule has 0 radical (unpaired) electrons. The van der Waals surface area contributed by atoms with Crippen LogP contribution in [0.5, 0.6) is 0 Å². The van der Waals surface area contributed by atoms with Gasteiger partial charge in [0.15, 0.2) is 0 Å². The van der Waals surface area contributed by atoms with Gasteiger partial charge in [0.1, 0.15) is 11.6 Å². The maximum absolute atomic E-state index is 13.9. The molecule has 0 bridgehead atoms. The number of benzene rings is 1. The van der Waals surface area contributed by atoms with Crippen molar-refractivity contribution in [2.75, 3.05) is 18.9 Å². The average Bonchev–Trinajstić information content (AvgIpc) is 2.82. The molecule has 1 aromatic carbocycles. The van der Waals surface area contributed by atoms with E-state index in [2.05, 4.69) is 5.16 Å². The van der Waals surface area contributed by atoms with Crippen molar-refractivity contribution in [1.29, 1.82) is 0 Å². The SMILES string of the molecule is Nc1onc(C2CCCOC2)c1-c1ccc(F)cc1F. The highest BCUT2D eigenvalue weighted by Gasteiger charge is 2.27. The van der Waals surface area contributed by atoms with Gasteiger partial charge in [-0.1, -0.05) is 5.16 Å². The number of rotatable bonds is 2. The van der Waals surface area contributed by atoms with Crippen LogP contribution >= 0.6 is 0 Å². The van der Waals surface area contributed by atoms with E-state index in [1.165, 1.54) is 12.1 Å². The molecule has 4 nitrogen and oxygen atoms in total. The van der Waals surface area contributed by atoms with Gasteiger partial charge in [-0.3, -0.25) is 0 Å². The lowest BCUT2D eigenvalue weighted by molar-refractivity contribution is 0.0785. The Hall–Kier alpha value is -1.95. The molecule has 0 saturated carbocycles. The zero-order chi connectivity index (χ0) is 14.1. The molecule has 106 valence electrons. The van der Waals surface area contributed by atoms with Gasteiger partial charge < -0.3 is 15.0 Å². The number of nitrogen functional groups attached to an aromatic ring is 1. The normalized spacial score (nSPS) is 19.2.